The molecule has 0 unspecified atom stereocenters. The maximum absolute atomic E-state index is 12.2. The number of carbonyl (C=O) groups is 2. The molecule has 0 saturated heterocycles. The van der Waals surface area contributed by atoms with Crippen LogP contribution in [0.25, 0.3) is 5.52 Å². The van der Waals surface area contributed by atoms with Crippen molar-refractivity contribution in [2.75, 3.05) is 11.6 Å². The summed E-state index contributed by atoms with van der Waals surface area (Å²) in [4.78, 5) is 27.5. The lowest BCUT2D eigenvalue weighted by atomic mass is 9.93. The van der Waals surface area contributed by atoms with Crippen molar-refractivity contribution in [1.82, 2.24) is 14.7 Å². The van der Waals surface area contributed by atoms with E-state index in [4.69, 9.17) is 5.11 Å². The first-order valence-electron chi connectivity index (χ1n) is 10.7. The number of carboxylic acid groups (broad SMARTS) is 1. The van der Waals surface area contributed by atoms with Crippen molar-refractivity contribution in [3.8, 4) is 6.07 Å². The van der Waals surface area contributed by atoms with Gasteiger partial charge in [-0.25, -0.2) is 9.99 Å². The Kier molecular flexibility index (Phi) is 5.84. The first kappa shape index (κ1) is 22.0. The van der Waals surface area contributed by atoms with Gasteiger partial charge >= 0.3 is 5.97 Å². The molecule has 2 aromatic heterocycles. The third-order valence-corrected chi connectivity index (χ3v) is 5.66. The van der Waals surface area contributed by atoms with Crippen molar-refractivity contribution < 1.29 is 14.7 Å². The van der Waals surface area contributed by atoms with Crippen molar-refractivity contribution >= 4 is 29.4 Å². The Hall–Kier alpha value is -4.19. The number of nitrogens with zero attached hydrogens (tertiary/aromatic N) is 5. The third kappa shape index (κ3) is 4.41. The van der Waals surface area contributed by atoms with Gasteiger partial charge in [-0.1, -0.05) is 6.07 Å². The molecule has 0 radical (unpaired) electrons. The normalized spacial score (nSPS) is 14.3. The van der Waals surface area contributed by atoms with Gasteiger partial charge in [-0.15, -0.1) is 0 Å². The summed E-state index contributed by atoms with van der Waals surface area (Å²) in [7, 11) is 0. The van der Waals surface area contributed by atoms with Gasteiger partial charge in [-0.3, -0.25) is 9.59 Å². The minimum absolute atomic E-state index is 0.0832. The largest absolute Gasteiger partial charge is 0.481 e. The molecule has 3 aromatic rings. The first-order valence-corrected chi connectivity index (χ1v) is 10.7. The van der Waals surface area contributed by atoms with E-state index in [9.17, 15) is 14.9 Å². The quantitative estimate of drug-likeness (QED) is 0.312. The number of anilines is 1. The molecule has 4 rings (SSSR count). The van der Waals surface area contributed by atoms with Crippen molar-refractivity contribution in [1.29, 1.82) is 5.26 Å². The van der Waals surface area contributed by atoms with Gasteiger partial charge in [0.1, 0.15) is 11.8 Å². The number of hydrogen-bond donors (Lipinski definition) is 2. The topological polar surface area (TPSA) is 123 Å². The van der Waals surface area contributed by atoms with E-state index in [1.165, 1.54) is 0 Å². The summed E-state index contributed by atoms with van der Waals surface area (Å²) >= 11 is 0. The Morgan fingerprint density at radius 2 is 2.15 bits per heavy atom. The Bertz CT molecular complexity index is 1300. The van der Waals surface area contributed by atoms with Gasteiger partial charge in [0.15, 0.2) is 5.82 Å². The Morgan fingerprint density at radius 3 is 2.91 bits per heavy atom. The van der Waals surface area contributed by atoms with Crippen LogP contribution in [0.5, 0.6) is 0 Å². The van der Waals surface area contributed by atoms with Crippen LogP contribution in [0.3, 0.4) is 0 Å². The Labute approximate surface area is 191 Å². The van der Waals surface area contributed by atoms with Gasteiger partial charge in [0, 0.05) is 30.9 Å². The predicted octanol–water partition coefficient (Wildman–Crippen LogP) is 3.28. The van der Waals surface area contributed by atoms with Crippen LogP contribution in [0.2, 0.25) is 0 Å². The number of nitrogens with one attached hydrogen (secondary N) is 1. The lowest BCUT2D eigenvalue weighted by Crippen LogP contribution is -2.32. The SMILES string of the molecule is CC1(C)NC(=O)c2ccc(/C=N/N(CCCCC(=O)O)c3nccn4c(C#N)ccc34)cc21. The second-order valence-electron chi connectivity index (χ2n) is 8.44. The zero-order valence-electron chi connectivity index (χ0n) is 18.4. The van der Waals surface area contributed by atoms with Crippen molar-refractivity contribution in [2.24, 2.45) is 5.10 Å². The summed E-state index contributed by atoms with van der Waals surface area (Å²) in [5.41, 5.74) is 3.16. The van der Waals surface area contributed by atoms with E-state index in [1.807, 2.05) is 32.0 Å². The number of hydrogen-bond acceptors (Lipinski definition) is 6. The summed E-state index contributed by atoms with van der Waals surface area (Å²) in [6.45, 7) is 4.37. The van der Waals surface area contributed by atoms with Gasteiger partial charge in [-0.05, 0) is 62.1 Å². The number of carboxylic acids is 1. The molecular weight excluding hydrogens is 420 g/mol. The second-order valence-corrected chi connectivity index (χ2v) is 8.44. The number of amides is 1. The Balaban J connectivity index is 1.66. The molecule has 0 spiro atoms. The molecule has 1 aliphatic rings. The van der Waals surface area contributed by atoms with Crippen LogP contribution in [0.4, 0.5) is 5.82 Å². The van der Waals surface area contributed by atoms with Gasteiger partial charge in [0.05, 0.1) is 17.3 Å². The van der Waals surface area contributed by atoms with Crippen molar-refractivity contribution in [3.05, 3.63) is 65.1 Å². The number of rotatable bonds is 8. The molecule has 1 amide bonds. The lowest BCUT2D eigenvalue weighted by Gasteiger charge is -2.20. The highest BCUT2D eigenvalue weighted by atomic mass is 16.4. The fourth-order valence-electron chi connectivity index (χ4n) is 3.99. The maximum atomic E-state index is 12.2. The molecule has 0 aliphatic carbocycles. The van der Waals surface area contributed by atoms with Crippen molar-refractivity contribution in [2.45, 2.75) is 38.6 Å². The molecule has 9 nitrogen and oxygen atoms in total. The third-order valence-electron chi connectivity index (χ3n) is 5.66. The minimum atomic E-state index is -0.834. The van der Waals surface area contributed by atoms with Crippen LogP contribution in [0, 0.1) is 11.3 Å². The fraction of sp³-hybridized carbons (Fsp3) is 0.292. The molecule has 0 fully saturated rings. The molecule has 0 saturated carbocycles. The van der Waals surface area contributed by atoms with Gasteiger partial charge in [-0.2, -0.15) is 10.4 Å². The highest BCUT2D eigenvalue weighted by Crippen LogP contribution is 2.31. The number of unbranched alkanes of at least 4 members (excludes halogenated alkanes) is 1. The fourth-order valence-corrected chi connectivity index (χ4v) is 3.99. The number of fused-ring (bicyclic) bond motifs is 2. The minimum Gasteiger partial charge on any atom is -0.481 e. The van der Waals surface area contributed by atoms with Gasteiger partial charge in [0.25, 0.3) is 5.91 Å². The van der Waals surface area contributed by atoms with E-state index in [2.05, 4.69) is 21.5 Å². The summed E-state index contributed by atoms with van der Waals surface area (Å²) in [5, 5.41) is 27.6. The highest BCUT2D eigenvalue weighted by molar-refractivity contribution is 6.00. The van der Waals surface area contributed by atoms with Crippen LogP contribution in [-0.4, -0.2) is 39.1 Å². The zero-order chi connectivity index (χ0) is 23.6. The van der Waals surface area contributed by atoms with Crippen LogP contribution in [-0.2, 0) is 10.3 Å². The molecule has 1 aliphatic heterocycles. The summed E-state index contributed by atoms with van der Waals surface area (Å²) in [6, 6.07) is 11.3. The zero-order valence-corrected chi connectivity index (χ0v) is 18.4. The maximum Gasteiger partial charge on any atom is 0.303 e. The van der Waals surface area contributed by atoms with Crippen molar-refractivity contribution in [3.63, 3.8) is 0 Å². The molecule has 0 atom stereocenters. The molecular formula is C24H24N6O3. The van der Waals surface area contributed by atoms with E-state index in [0.717, 1.165) is 16.6 Å². The first-order chi connectivity index (χ1) is 15.8. The number of hydrazone groups is 1. The number of benzene rings is 1. The summed E-state index contributed by atoms with van der Waals surface area (Å²) in [6.07, 6.45) is 6.23. The molecule has 1 aromatic carbocycles. The van der Waals surface area contributed by atoms with E-state index in [-0.39, 0.29) is 12.3 Å². The average molecular weight is 444 g/mol. The van der Waals surface area contributed by atoms with E-state index in [0.29, 0.717) is 36.5 Å². The smallest absolute Gasteiger partial charge is 0.303 e. The van der Waals surface area contributed by atoms with Crippen LogP contribution in [0.15, 0.2) is 47.8 Å². The molecule has 3 heterocycles. The number of aromatic nitrogens is 2. The molecule has 168 valence electrons. The van der Waals surface area contributed by atoms with Gasteiger partial charge in [0.2, 0.25) is 0 Å². The van der Waals surface area contributed by atoms with E-state index >= 15 is 0 Å². The second kappa shape index (κ2) is 8.74. The standard InChI is InChI=1S/C24H24N6O3/c1-24(2)19-13-16(6-8-18(19)23(33)28-24)15-27-30(11-4-3-5-21(31)32)22-20-9-7-17(14-25)29(20)12-10-26-22/h6-10,12-13,15H,3-5,11H2,1-2H3,(H,28,33)(H,31,32)/b27-15+. The summed E-state index contributed by atoms with van der Waals surface area (Å²) < 4.78 is 1.75. The molecule has 9 heteroatoms. The number of nitriles is 1. The molecule has 33 heavy (non-hydrogen) atoms. The lowest BCUT2D eigenvalue weighted by molar-refractivity contribution is -0.137. The number of aliphatic carboxylic acids is 1. The van der Waals surface area contributed by atoms with E-state index in [1.54, 1.807) is 40.2 Å². The number of carbonyl (C=O) groups excluding carboxylic acids is 1. The van der Waals surface area contributed by atoms with Crippen LogP contribution >= 0.6 is 0 Å². The van der Waals surface area contributed by atoms with Gasteiger partial charge < -0.3 is 14.8 Å². The molecule has 0 bridgehead atoms. The molecule has 2 N–H and O–H groups in total. The monoisotopic (exact) mass is 444 g/mol. The summed E-state index contributed by atoms with van der Waals surface area (Å²) in [5.74, 6) is -0.348. The average Bonchev–Trinajstić information content (AvgIpc) is 3.30. The Morgan fingerprint density at radius 1 is 1.33 bits per heavy atom. The predicted molar refractivity (Wildman–Crippen MR) is 123 cm³/mol. The van der Waals surface area contributed by atoms with Crippen LogP contribution < -0.4 is 10.3 Å². The van der Waals surface area contributed by atoms with E-state index < -0.39 is 11.5 Å². The highest BCUT2D eigenvalue weighted by Gasteiger charge is 2.34. The van der Waals surface area contributed by atoms with Crippen LogP contribution in [0.1, 0.15) is 60.3 Å².